The summed E-state index contributed by atoms with van der Waals surface area (Å²) in [7, 11) is 1.59. The van der Waals surface area contributed by atoms with Gasteiger partial charge in [-0.2, -0.15) is 0 Å². The SMILES string of the molecule is CN(CCOCCO)C(N)=O. The summed E-state index contributed by atoms with van der Waals surface area (Å²) in [5, 5.41) is 8.31. The molecular weight excluding hydrogens is 148 g/mol. The van der Waals surface area contributed by atoms with E-state index >= 15 is 0 Å². The predicted octanol–water partition coefficient (Wildman–Crippen LogP) is -0.994. The number of likely N-dealkylation sites (N-methyl/N-ethyl adjacent to an activating group) is 1. The first-order valence-electron chi connectivity index (χ1n) is 3.37. The molecule has 5 nitrogen and oxygen atoms in total. The zero-order valence-electron chi connectivity index (χ0n) is 6.62. The Morgan fingerprint density at radius 1 is 1.64 bits per heavy atom. The van der Waals surface area contributed by atoms with E-state index in [9.17, 15) is 4.79 Å². The van der Waals surface area contributed by atoms with E-state index in [1.165, 1.54) is 4.90 Å². The Hall–Kier alpha value is -0.810. The van der Waals surface area contributed by atoms with Crippen LogP contribution in [0.2, 0.25) is 0 Å². The minimum atomic E-state index is -0.474. The number of nitrogens with two attached hydrogens (primary N) is 1. The summed E-state index contributed by atoms with van der Waals surface area (Å²) in [5.74, 6) is 0. The van der Waals surface area contributed by atoms with Crippen molar-refractivity contribution in [2.75, 3.05) is 33.4 Å². The molecule has 0 saturated carbocycles. The number of aliphatic hydroxyl groups excluding tert-OH is 1. The lowest BCUT2D eigenvalue weighted by Crippen LogP contribution is -2.34. The molecule has 0 aromatic carbocycles. The van der Waals surface area contributed by atoms with Gasteiger partial charge in [0.15, 0.2) is 0 Å². The van der Waals surface area contributed by atoms with Crippen LogP contribution in [0.25, 0.3) is 0 Å². The molecule has 2 amide bonds. The van der Waals surface area contributed by atoms with Gasteiger partial charge in [0, 0.05) is 13.6 Å². The van der Waals surface area contributed by atoms with Gasteiger partial charge < -0.3 is 20.5 Å². The molecule has 0 aliphatic carbocycles. The Labute approximate surface area is 65.7 Å². The Kier molecular flexibility index (Phi) is 5.50. The normalized spacial score (nSPS) is 9.64. The van der Waals surface area contributed by atoms with E-state index < -0.39 is 6.03 Å². The Morgan fingerprint density at radius 3 is 2.73 bits per heavy atom. The molecule has 0 unspecified atom stereocenters. The first-order chi connectivity index (χ1) is 5.18. The third-order valence-electron chi connectivity index (χ3n) is 1.18. The number of rotatable bonds is 5. The monoisotopic (exact) mass is 162 g/mol. The predicted molar refractivity (Wildman–Crippen MR) is 40.1 cm³/mol. The Bertz CT molecular complexity index is 118. The summed E-state index contributed by atoms with van der Waals surface area (Å²) in [6.07, 6.45) is 0. The lowest BCUT2D eigenvalue weighted by molar-refractivity contribution is 0.0829. The number of carbonyl (C=O) groups excluding carboxylic acids is 1. The fourth-order valence-electron chi connectivity index (χ4n) is 0.478. The molecule has 0 rings (SSSR count). The molecule has 66 valence electrons. The molecule has 11 heavy (non-hydrogen) atoms. The molecule has 0 aliphatic rings. The highest BCUT2D eigenvalue weighted by atomic mass is 16.5. The van der Waals surface area contributed by atoms with E-state index in [4.69, 9.17) is 15.6 Å². The van der Waals surface area contributed by atoms with Crippen LogP contribution in [-0.2, 0) is 4.74 Å². The molecule has 5 heteroatoms. The van der Waals surface area contributed by atoms with Gasteiger partial charge in [0.1, 0.15) is 0 Å². The van der Waals surface area contributed by atoms with Crippen molar-refractivity contribution in [2.45, 2.75) is 0 Å². The van der Waals surface area contributed by atoms with Crippen LogP contribution >= 0.6 is 0 Å². The average molecular weight is 162 g/mol. The van der Waals surface area contributed by atoms with E-state index in [-0.39, 0.29) is 6.61 Å². The van der Waals surface area contributed by atoms with Gasteiger partial charge in [0.05, 0.1) is 19.8 Å². The fourth-order valence-corrected chi connectivity index (χ4v) is 0.478. The van der Waals surface area contributed by atoms with Crippen molar-refractivity contribution in [1.29, 1.82) is 0 Å². The van der Waals surface area contributed by atoms with Crippen molar-refractivity contribution in [3.63, 3.8) is 0 Å². The van der Waals surface area contributed by atoms with Crippen LogP contribution in [0.5, 0.6) is 0 Å². The van der Waals surface area contributed by atoms with E-state index in [2.05, 4.69) is 0 Å². The lowest BCUT2D eigenvalue weighted by atomic mass is 10.6. The largest absolute Gasteiger partial charge is 0.394 e. The number of urea groups is 1. The third kappa shape index (κ3) is 5.63. The first-order valence-corrected chi connectivity index (χ1v) is 3.37. The maximum absolute atomic E-state index is 10.4. The van der Waals surface area contributed by atoms with E-state index in [1.54, 1.807) is 7.05 Å². The van der Waals surface area contributed by atoms with E-state index in [0.29, 0.717) is 19.8 Å². The lowest BCUT2D eigenvalue weighted by Gasteiger charge is -2.13. The minimum Gasteiger partial charge on any atom is -0.394 e. The molecular formula is C6H14N2O3. The number of carbonyl (C=O) groups is 1. The van der Waals surface area contributed by atoms with E-state index in [0.717, 1.165) is 0 Å². The smallest absolute Gasteiger partial charge is 0.314 e. The standard InChI is InChI=1S/C6H14N2O3/c1-8(6(7)10)2-4-11-5-3-9/h9H,2-5H2,1H3,(H2,7,10). The van der Waals surface area contributed by atoms with Gasteiger partial charge in [0.25, 0.3) is 0 Å². The van der Waals surface area contributed by atoms with Crippen molar-refractivity contribution in [3.05, 3.63) is 0 Å². The van der Waals surface area contributed by atoms with Crippen LogP contribution in [-0.4, -0.2) is 49.5 Å². The van der Waals surface area contributed by atoms with Crippen molar-refractivity contribution >= 4 is 6.03 Å². The number of ether oxygens (including phenoxy) is 1. The van der Waals surface area contributed by atoms with Gasteiger partial charge in [0.2, 0.25) is 0 Å². The molecule has 0 radical (unpaired) electrons. The zero-order chi connectivity index (χ0) is 8.69. The average Bonchev–Trinajstić information content (AvgIpc) is 1.97. The van der Waals surface area contributed by atoms with Crippen LogP contribution in [0.15, 0.2) is 0 Å². The number of aliphatic hydroxyl groups is 1. The van der Waals surface area contributed by atoms with Crippen molar-refractivity contribution in [3.8, 4) is 0 Å². The van der Waals surface area contributed by atoms with Gasteiger partial charge in [-0.1, -0.05) is 0 Å². The first kappa shape index (κ1) is 10.2. The molecule has 0 spiro atoms. The van der Waals surface area contributed by atoms with Crippen molar-refractivity contribution in [1.82, 2.24) is 4.90 Å². The molecule has 0 saturated heterocycles. The highest BCUT2D eigenvalue weighted by Gasteiger charge is 2.00. The maximum Gasteiger partial charge on any atom is 0.314 e. The molecule has 0 bridgehead atoms. The second-order valence-corrected chi connectivity index (χ2v) is 2.10. The maximum atomic E-state index is 10.4. The zero-order valence-corrected chi connectivity index (χ0v) is 6.62. The summed E-state index contributed by atoms with van der Waals surface area (Å²) in [4.78, 5) is 11.8. The van der Waals surface area contributed by atoms with Crippen LogP contribution in [0.4, 0.5) is 4.79 Å². The highest BCUT2D eigenvalue weighted by Crippen LogP contribution is 1.81. The number of primary amides is 1. The molecule has 0 aromatic heterocycles. The van der Waals surface area contributed by atoms with Crippen LogP contribution in [0, 0.1) is 0 Å². The second-order valence-electron chi connectivity index (χ2n) is 2.10. The molecule has 3 N–H and O–H groups in total. The summed E-state index contributed by atoms with van der Waals surface area (Å²) in [5.41, 5.74) is 4.93. The minimum absolute atomic E-state index is 0.000283. The van der Waals surface area contributed by atoms with Gasteiger partial charge in [-0.15, -0.1) is 0 Å². The van der Waals surface area contributed by atoms with Crippen LogP contribution < -0.4 is 5.73 Å². The topological polar surface area (TPSA) is 75.8 Å². The quantitative estimate of drug-likeness (QED) is 0.509. The number of amides is 2. The Balaban J connectivity index is 3.17. The van der Waals surface area contributed by atoms with Gasteiger partial charge in [-0.25, -0.2) is 4.79 Å². The second kappa shape index (κ2) is 5.94. The van der Waals surface area contributed by atoms with Gasteiger partial charge >= 0.3 is 6.03 Å². The molecule has 0 fully saturated rings. The van der Waals surface area contributed by atoms with Gasteiger partial charge in [-0.3, -0.25) is 0 Å². The molecule has 0 aromatic rings. The molecule has 0 heterocycles. The summed E-state index contributed by atoms with van der Waals surface area (Å²) >= 11 is 0. The fraction of sp³-hybridized carbons (Fsp3) is 0.833. The summed E-state index contributed by atoms with van der Waals surface area (Å²) in [6, 6.07) is -0.474. The van der Waals surface area contributed by atoms with Crippen molar-refractivity contribution < 1.29 is 14.6 Å². The van der Waals surface area contributed by atoms with Crippen LogP contribution in [0.3, 0.4) is 0 Å². The van der Waals surface area contributed by atoms with Crippen LogP contribution in [0.1, 0.15) is 0 Å². The Morgan fingerprint density at radius 2 is 2.27 bits per heavy atom. The number of hydrogen-bond acceptors (Lipinski definition) is 3. The highest BCUT2D eigenvalue weighted by molar-refractivity contribution is 5.71. The third-order valence-corrected chi connectivity index (χ3v) is 1.18. The molecule has 0 atom stereocenters. The summed E-state index contributed by atoms with van der Waals surface area (Å²) < 4.78 is 4.90. The van der Waals surface area contributed by atoms with Crippen molar-refractivity contribution in [2.24, 2.45) is 5.73 Å². The van der Waals surface area contributed by atoms with E-state index in [1.807, 2.05) is 0 Å². The summed E-state index contributed by atoms with van der Waals surface area (Å²) in [6.45, 7) is 1.15. The number of hydrogen-bond donors (Lipinski definition) is 2. The van der Waals surface area contributed by atoms with Gasteiger partial charge in [-0.05, 0) is 0 Å². The molecule has 0 aliphatic heterocycles. The number of nitrogens with zero attached hydrogens (tertiary/aromatic N) is 1.